The van der Waals surface area contributed by atoms with E-state index in [2.05, 4.69) is 16.4 Å². The minimum atomic E-state index is -0.0377. The topological polar surface area (TPSA) is 110 Å². The maximum Gasteiger partial charge on any atom is 0.188 e. The molecule has 0 amide bonds. The Labute approximate surface area is 140 Å². The number of thiazole rings is 1. The van der Waals surface area contributed by atoms with Gasteiger partial charge in [-0.05, 0) is 31.4 Å². The van der Waals surface area contributed by atoms with Crippen LogP contribution in [0.1, 0.15) is 30.2 Å². The van der Waals surface area contributed by atoms with Crippen LogP contribution in [-0.2, 0) is 0 Å². The van der Waals surface area contributed by atoms with Crippen molar-refractivity contribution in [2.45, 2.75) is 31.2 Å². The number of hydrogen-bond acceptors (Lipinski definition) is 5. The Hall–Kier alpha value is -1.70. The number of aromatic nitrogens is 1. The third kappa shape index (κ3) is 4.89. The summed E-state index contributed by atoms with van der Waals surface area (Å²) >= 11 is 1.66. The number of hydrogen-bond donors (Lipinski definition) is 4. The number of aliphatic hydroxyl groups excluding tert-OH is 1. The molecule has 6 N–H and O–H groups in total. The van der Waals surface area contributed by atoms with E-state index >= 15 is 0 Å². The molecule has 1 heterocycles. The Bertz CT molecular complexity index is 609. The van der Waals surface area contributed by atoms with Gasteiger partial charge in [0, 0.05) is 32.2 Å². The fraction of sp³-hybridized carbons (Fsp3) is 0.500. The number of nitrogens with one attached hydrogen (secondary N) is 1. The first-order valence-corrected chi connectivity index (χ1v) is 8.65. The van der Waals surface area contributed by atoms with E-state index in [0.29, 0.717) is 12.4 Å². The highest BCUT2D eigenvalue weighted by atomic mass is 32.1. The molecule has 1 unspecified atom stereocenters. The first kappa shape index (κ1) is 17.7. The number of aliphatic imine (C=N–C) groups is 1. The van der Waals surface area contributed by atoms with Crippen molar-refractivity contribution in [3.8, 4) is 0 Å². The fourth-order valence-corrected chi connectivity index (χ4v) is 3.72. The minimum absolute atomic E-state index is 0.0377. The zero-order chi connectivity index (χ0) is 16.7. The van der Waals surface area contributed by atoms with E-state index < -0.39 is 0 Å². The zero-order valence-corrected chi connectivity index (χ0v) is 14.2. The van der Waals surface area contributed by atoms with Gasteiger partial charge < -0.3 is 21.9 Å². The van der Waals surface area contributed by atoms with Gasteiger partial charge in [0.25, 0.3) is 0 Å². The summed E-state index contributed by atoms with van der Waals surface area (Å²) in [6, 6.07) is 8.03. The lowest BCUT2D eigenvalue weighted by Crippen LogP contribution is -2.34. The summed E-state index contributed by atoms with van der Waals surface area (Å²) in [5.74, 6) is 0.520. The molecule has 6 nitrogen and oxygen atoms in total. The van der Waals surface area contributed by atoms with Crippen molar-refractivity contribution in [2.75, 3.05) is 20.2 Å². The number of guanidine groups is 1. The third-order valence-corrected chi connectivity index (χ3v) is 5.01. The predicted octanol–water partition coefficient (Wildman–Crippen LogP) is 1.40. The summed E-state index contributed by atoms with van der Waals surface area (Å²) in [4.78, 5) is 8.55. The summed E-state index contributed by atoms with van der Waals surface area (Å²) in [5.41, 5.74) is 13.0. The molecule has 0 aliphatic heterocycles. The number of para-hydroxylation sites is 1. The quantitative estimate of drug-likeness (QED) is 0.331. The van der Waals surface area contributed by atoms with Crippen molar-refractivity contribution >= 4 is 27.5 Å². The summed E-state index contributed by atoms with van der Waals surface area (Å²) in [6.45, 7) is 0.852. The van der Waals surface area contributed by atoms with Crippen LogP contribution < -0.4 is 16.8 Å². The molecular weight excluding hydrogens is 310 g/mol. The number of nitrogens with zero attached hydrogens (tertiary/aromatic N) is 2. The maximum atomic E-state index is 9.37. The molecule has 23 heavy (non-hydrogen) atoms. The molecule has 0 saturated heterocycles. The lowest BCUT2D eigenvalue weighted by Gasteiger charge is -2.21. The van der Waals surface area contributed by atoms with Crippen molar-refractivity contribution in [2.24, 2.45) is 16.5 Å². The van der Waals surface area contributed by atoms with Crippen LogP contribution in [0, 0.1) is 0 Å². The molecule has 0 fully saturated rings. The number of aliphatic hydroxyl groups is 1. The monoisotopic (exact) mass is 335 g/mol. The Morgan fingerprint density at radius 2 is 2.17 bits per heavy atom. The van der Waals surface area contributed by atoms with Crippen LogP contribution in [0.3, 0.4) is 0 Å². The second kappa shape index (κ2) is 8.81. The second-order valence-electron chi connectivity index (χ2n) is 5.48. The van der Waals surface area contributed by atoms with Crippen molar-refractivity contribution in [1.29, 1.82) is 0 Å². The van der Waals surface area contributed by atoms with Crippen LogP contribution in [-0.4, -0.2) is 42.3 Å². The van der Waals surface area contributed by atoms with Crippen LogP contribution >= 0.6 is 11.3 Å². The van der Waals surface area contributed by atoms with Crippen LogP contribution in [0.2, 0.25) is 0 Å². The zero-order valence-electron chi connectivity index (χ0n) is 13.4. The first-order chi connectivity index (χ1) is 11.2. The van der Waals surface area contributed by atoms with E-state index in [-0.39, 0.29) is 18.6 Å². The largest absolute Gasteiger partial charge is 0.396 e. The summed E-state index contributed by atoms with van der Waals surface area (Å²) < 4.78 is 1.16. The third-order valence-electron chi connectivity index (χ3n) is 3.85. The standard InChI is InChI=1S/C16H25N5OS/c1-19-16(18)20-9-4-5-12(17)11(8-10-22)15-21-13-6-2-3-7-14(13)23-15/h2-3,6-7,11-12,22H,4-5,8-10,17H2,1H3,(H3,18,19,20)/t11?,12-/m0/s1. The minimum Gasteiger partial charge on any atom is -0.396 e. The van der Waals surface area contributed by atoms with Gasteiger partial charge >= 0.3 is 0 Å². The van der Waals surface area contributed by atoms with E-state index in [1.54, 1.807) is 18.4 Å². The highest BCUT2D eigenvalue weighted by Gasteiger charge is 2.22. The average molecular weight is 335 g/mol. The number of benzene rings is 1. The summed E-state index contributed by atoms with van der Waals surface area (Å²) in [6.07, 6.45) is 2.36. The Morgan fingerprint density at radius 1 is 1.39 bits per heavy atom. The molecule has 2 rings (SSSR count). The van der Waals surface area contributed by atoms with Crippen molar-refractivity contribution in [3.63, 3.8) is 0 Å². The predicted molar refractivity (Wildman–Crippen MR) is 96.8 cm³/mol. The summed E-state index contributed by atoms with van der Waals surface area (Å²) in [7, 11) is 1.65. The Kier molecular flexibility index (Phi) is 6.76. The van der Waals surface area contributed by atoms with Gasteiger partial charge in [-0.15, -0.1) is 11.3 Å². The Balaban J connectivity index is 1.99. The van der Waals surface area contributed by atoms with E-state index in [1.807, 2.05) is 18.2 Å². The van der Waals surface area contributed by atoms with Gasteiger partial charge in [0.1, 0.15) is 0 Å². The van der Waals surface area contributed by atoms with Gasteiger partial charge in [-0.25, -0.2) is 4.98 Å². The SMILES string of the molecule is CN=C(N)NCCC[C@H](N)C(CCO)c1nc2ccccc2s1. The van der Waals surface area contributed by atoms with E-state index in [1.165, 1.54) is 0 Å². The van der Waals surface area contributed by atoms with Gasteiger partial charge in [-0.2, -0.15) is 0 Å². The van der Waals surface area contributed by atoms with Crippen molar-refractivity contribution in [1.82, 2.24) is 10.3 Å². The molecule has 0 bridgehead atoms. The molecule has 1 aromatic heterocycles. The van der Waals surface area contributed by atoms with Gasteiger partial charge in [0.15, 0.2) is 5.96 Å². The smallest absolute Gasteiger partial charge is 0.188 e. The van der Waals surface area contributed by atoms with Gasteiger partial charge in [0.2, 0.25) is 0 Å². The molecule has 0 aliphatic carbocycles. The molecule has 1 aromatic carbocycles. The van der Waals surface area contributed by atoms with E-state index in [4.69, 9.17) is 16.5 Å². The molecule has 0 saturated carbocycles. The molecule has 0 radical (unpaired) electrons. The highest BCUT2D eigenvalue weighted by molar-refractivity contribution is 7.18. The number of rotatable bonds is 8. The normalized spacial score (nSPS) is 14.8. The molecule has 0 spiro atoms. The lowest BCUT2D eigenvalue weighted by molar-refractivity contribution is 0.264. The van der Waals surface area contributed by atoms with Crippen LogP contribution in [0.25, 0.3) is 10.2 Å². The van der Waals surface area contributed by atoms with Gasteiger partial charge in [-0.1, -0.05) is 12.1 Å². The highest BCUT2D eigenvalue weighted by Crippen LogP contribution is 2.31. The van der Waals surface area contributed by atoms with E-state index in [0.717, 1.165) is 34.6 Å². The molecule has 2 atom stereocenters. The molecule has 2 aromatic rings. The summed E-state index contributed by atoms with van der Waals surface area (Å²) in [5, 5.41) is 13.4. The molecular formula is C16H25N5OS. The van der Waals surface area contributed by atoms with Gasteiger partial charge in [-0.3, -0.25) is 4.99 Å². The number of fused-ring (bicyclic) bond motifs is 1. The first-order valence-electron chi connectivity index (χ1n) is 7.83. The second-order valence-corrected chi connectivity index (χ2v) is 6.54. The van der Waals surface area contributed by atoms with Crippen LogP contribution in [0.15, 0.2) is 29.3 Å². The van der Waals surface area contributed by atoms with Crippen molar-refractivity contribution < 1.29 is 5.11 Å². The van der Waals surface area contributed by atoms with Crippen molar-refractivity contribution in [3.05, 3.63) is 29.3 Å². The van der Waals surface area contributed by atoms with Gasteiger partial charge in [0.05, 0.1) is 15.2 Å². The lowest BCUT2D eigenvalue weighted by atomic mass is 9.94. The molecule has 0 aliphatic rings. The van der Waals surface area contributed by atoms with Crippen LogP contribution in [0.5, 0.6) is 0 Å². The average Bonchev–Trinajstić information content (AvgIpc) is 2.99. The fourth-order valence-electron chi connectivity index (χ4n) is 2.54. The van der Waals surface area contributed by atoms with E-state index in [9.17, 15) is 5.11 Å². The molecule has 126 valence electrons. The maximum absolute atomic E-state index is 9.37. The molecule has 7 heteroatoms. The number of nitrogens with two attached hydrogens (primary N) is 2. The Morgan fingerprint density at radius 3 is 2.87 bits per heavy atom. The van der Waals surface area contributed by atoms with Crippen LogP contribution in [0.4, 0.5) is 0 Å².